The molecule has 0 bridgehead atoms. The fourth-order valence-electron chi connectivity index (χ4n) is 2.25. The Morgan fingerprint density at radius 1 is 1.20 bits per heavy atom. The largest absolute Gasteiger partial charge is 0.481 e. The van der Waals surface area contributed by atoms with E-state index >= 15 is 0 Å². The van der Waals surface area contributed by atoms with Crippen LogP contribution in [0.1, 0.15) is 32.3 Å². The predicted octanol–water partition coefficient (Wildman–Crippen LogP) is 1.98. The number of carboxylic acid groups (broad SMARTS) is 1. The summed E-state index contributed by atoms with van der Waals surface area (Å²) in [6, 6.07) is 6.74. The number of carboxylic acids is 1. The predicted molar refractivity (Wildman–Crippen MR) is 77.5 cm³/mol. The highest BCUT2D eigenvalue weighted by Gasteiger charge is 2.30. The smallest absolute Gasteiger partial charge is 0.313 e. The third-order valence-corrected chi connectivity index (χ3v) is 5.63. The lowest BCUT2D eigenvalue weighted by Gasteiger charge is -2.29. The van der Waals surface area contributed by atoms with Gasteiger partial charge in [-0.05, 0) is 44.4 Å². The lowest BCUT2D eigenvalue weighted by molar-refractivity contribution is -0.142. The Hall–Kier alpha value is -1.56. The molecule has 1 fully saturated rings. The summed E-state index contributed by atoms with van der Waals surface area (Å²) in [4.78, 5) is 11.2. The molecule has 0 unspecified atom stereocenters. The number of benzene rings is 1. The Morgan fingerprint density at radius 3 is 2.30 bits per heavy atom. The van der Waals surface area contributed by atoms with Crippen LogP contribution < -0.4 is 4.31 Å². The molecule has 1 aromatic carbocycles. The van der Waals surface area contributed by atoms with Crippen molar-refractivity contribution in [3.8, 4) is 0 Å². The highest BCUT2D eigenvalue weighted by molar-refractivity contribution is 7.92. The van der Waals surface area contributed by atoms with Crippen molar-refractivity contribution in [1.29, 1.82) is 0 Å². The third kappa shape index (κ3) is 2.65. The molecule has 110 valence electrons. The van der Waals surface area contributed by atoms with E-state index in [0.29, 0.717) is 24.2 Å². The second-order valence-corrected chi connectivity index (χ2v) is 7.59. The minimum atomic E-state index is -3.22. The summed E-state index contributed by atoms with van der Waals surface area (Å²) >= 11 is 0. The maximum absolute atomic E-state index is 12.0. The summed E-state index contributed by atoms with van der Waals surface area (Å²) in [7, 11) is -3.22. The molecule has 5 nitrogen and oxygen atoms in total. The van der Waals surface area contributed by atoms with Gasteiger partial charge in [-0.15, -0.1) is 0 Å². The minimum Gasteiger partial charge on any atom is -0.481 e. The zero-order valence-electron chi connectivity index (χ0n) is 11.7. The number of hydrogen-bond acceptors (Lipinski definition) is 3. The summed E-state index contributed by atoms with van der Waals surface area (Å²) in [5.74, 6) is -0.731. The van der Waals surface area contributed by atoms with Crippen LogP contribution in [0.25, 0.3) is 0 Å². The van der Waals surface area contributed by atoms with Crippen molar-refractivity contribution >= 4 is 21.7 Å². The number of aliphatic carboxylic acids is 1. The molecule has 20 heavy (non-hydrogen) atoms. The van der Waals surface area contributed by atoms with Gasteiger partial charge in [0.05, 0.1) is 16.9 Å². The van der Waals surface area contributed by atoms with E-state index in [1.165, 1.54) is 4.31 Å². The Labute approximate surface area is 119 Å². The van der Waals surface area contributed by atoms with Crippen molar-refractivity contribution in [2.75, 3.05) is 16.6 Å². The molecule has 2 rings (SSSR count). The molecule has 0 amide bonds. The first kappa shape index (κ1) is 14.8. The zero-order chi connectivity index (χ0) is 15.0. The van der Waals surface area contributed by atoms with Gasteiger partial charge in [0.25, 0.3) is 0 Å². The van der Waals surface area contributed by atoms with Gasteiger partial charge >= 0.3 is 5.97 Å². The Morgan fingerprint density at radius 2 is 1.80 bits per heavy atom. The van der Waals surface area contributed by atoms with E-state index in [1.54, 1.807) is 38.1 Å². The van der Waals surface area contributed by atoms with Crippen molar-refractivity contribution in [3.05, 3.63) is 29.8 Å². The Bertz CT molecular complexity index is 605. The van der Waals surface area contributed by atoms with Gasteiger partial charge in [-0.2, -0.15) is 0 Å². The van der Waals surface area contributed by atoms with Crippen LogP contribution in [0.4, 0.5) is 5.69 Å². The zero-order valence-corrected chi connectivity index (χ0v) is 12.5. The van der Waals surface area contributed by atoms with Crippen molar-refractivity contribution < 1.29 is 18.3 Å². The summed E-state index contributed by atoms with van der Waals surface area (Å²) < 4.78 is 25.4. The number of nitrogens with zero attached hydrogens (tertiary/aromatic N) is 1. The molecule has 0 aromatic heterocycles. The molecule has 0 spiro atoms. The molecular weight excluding hydrogens is 278 g/mol. The van der Waals surface area contributed by atoms with Crippen LogP contribution in [0.15, 0.2) is 24.3 Å². The molecule has 1 saturated heterocycles. The van der Waals surface area contributed by atoms with E-state index in [0.717, 1.165) is 6.42 Å². The fourth-order valence-corrected chi connectivity index (χ4v) is 3.89. The van der Waals surface area contributed by atoms with Gasteiger partial charge in [0.2, 0.25) is 10.0 Å². The Kier molecular flexibility index (Phi) is 3.77. The third-order valence-electron chi connectivity index (χ3n) is 3.76. The standard InChI is InChI=1S/C14H19NO4S/c1-14(2,13(16)17)11-5-7-12(8-6-11)15-9-3-4-10-20(15,18)19/h5-8H,3-4,9-10H2,1-2H3,(H,16,17). The van der Waals surface area contributed by atoms with E-state index in [1.807, 2.05) is 0 Å². The average Bonchev–Trinajstić information content (AvgIpc) is 2.38. The van der Waals surface area contributed by atoms with Crippen molar-refractivity contribution in [1.82, 2.24) is 0 Å². The first-order valence-electron chi connectivity index (χ1n) is 6.59. The van der Waals surface area contributed by atoms with E-state index < -0.39 is 21.4 Å². The average molecular weight is 297 g/mol. The van der Waals surface area contributed by atoms with E-state index in [9.17, 15) is 18.3 Å². The van der Waals surface area contributed by atoms with Crippen LogP contribution in [0.3, 0.4) is 0 Å². The second-order valence-electron chi connectivity index (χ2n) is 5.57. The summed E-state index contributed by atoms with van der Waals surface area (Å²) in [6.07, 6.45) is 1.55. The molecule has 0 radical (unpaired) electrons. The van der Waals surface area contributed by atoms with Gasteiger partial charge in [-0.1, -0.05) is 12.1 Å². The van der Waals surface area contributed by atoms with Crippen molar-refractivity contribution in [2.45, 2.75) is 32.1 Å². The van der Waals surface area contributed by atoms with Crippen LogP contribution in [0.2, 0.25) is 0 Å². The molecule has 1 heterocycles. The summed E-state index contributed by atoms with van der Waals surface area (Å²) in [5, 5.41) is 9.19. The SMILES string of the molecule is CC(C)(C(=O)O)c1ccc(N2CCCCS2(=O)=O)cc1. The van der Waals surface area contributed by atoms with Crippen LogP contribution in [-0.2, 0) is 20.2 Å². The first-order valence-corrected chi connectivity index (χ1v) is 8.20. The Balaban J connectivity index is 2.31. The number of anilines is 1. The molecule has 1 N–H and O–H groups in total. The highest BCUT2D eigenvalue weighted by atomic mass is 32.2. The molecule has 1 aromatic rings. The highest BCUT2D eigenvalue weighted by Crippen LogP contribution is 2.28. The van der Waals surface area contributed by atoms with Crippen LogP contribution >= 0.6 is 0 Å². The normalized spacial score (nSPS) is 18.8. The fraction of sp³-hybridized carbons (Fsp3) is 0.500. The molecule has 0 saturated carbocycles. The number of hydrogen-bond donors (Lipinski definition) is 1. The minimum absolute atomic E-state index is 0.176. The maximum atomic E-state index is 12.0. The van der Waals surface area contributed by atoms with Gasteiger partial charge in [0.1, 0.15) is 0 Å². The number of sulfonamides is 1. The monoisotopic (exact) mass is 297 g/mol. The van der Waals surface area contributed by atoms with Gasteiger partial charge < -0.3 is 5.11 Å². The van der Waals surface area contributed by atoms with Crippen LogP contribution in [0, 0.1) is 0 Å². The topological polar surface area (TPSA) is 74.7 Å². The number of rotatable bonds is 3. The molecule has 1 aliphatic heterocycles. The maximum Gasteiger partial charge on any atom is 0.313 e. The van der Waals surface area contributed by atoms with Gasteiger partial charge in [0, 0.05) is 6.54 Å². The van der Waals surface area contributed by atoms with Gasteiger partial charge in [-0.25, -0.2) is 8.42 Å². The van der Waals surface area contributed by atoms with Gasteiger partial charge in [-0.3, -0.25) is 9.10 Å². The quantitative estimate of drug-likeness (QED) is 0.925. The van der Waals surface area contributed by atoms with Crippen molar-refractivity contribution in [2.24, 2.45) is 0 Å². The molecule has 0 atom stereocenters. The summed E-state index contributed by atoms with van der Waals surface area (Å²) in [6.45, 7) is 3.74. The van der Waals surface area contributed by atoms with Gasteiger partial charge in [0.15, 0.2) is 0 Å². The van der Waals surface area contributed by atoms with Crippen LogP contribution in [-0.4, -0.2) is 31.8 Å². The molecule has 1 aliphatic rings. The van der Waals surface area contributed by atoms with E-state index in [-0.39, 0.29) is 5.75 Å². The summed E-state index contributed by atoms with van der Waals surface area (Å²) in [5.41, 5.74) is 0.275. The molecular formula is C14H19NO4S. The first-order chi connectivity index (χ1) is 9.25. The van der Waals surface area contributed by atoms with Crippen LogP contribution in [0.5, 0.6) is 0 Å². The lowest BCUT2D eigenvalue weighted by Crippen LogP contribution is -2.37. The molecule has 6 heteroatoms. The van der Waals surface area contributed by atoms with Crippen molar-refractivity contribution in [3.63, 3.8) is 0 Å². The lowest BCUT2D eigenvalue weighted by atomic mass is 9.85. The van der Waals surface area contributed by atoms with E-state index in [4.69, 9.17) is 0 Å². The molecule has 0 aliphatic carbocycles. The number of carbonyl (C=O) groups is 1. The van der Waals surface area contributed by atoms with E-state index in [2.05, 4.69) is 0 Å². The second kappa shape index (κ2) is 5.09.